The van der Waals surface area contributed by atoms with E-state index in [9.17, 15) is 29.4 Å². The number of carboxylic acids is 2. The van der Waals surface area contributed by atoms with Gasteiger partial charge in [0.05, 0.1) is 58.1 Å². The lowest BCUT2D eigenvalue weighted by atomic mass is 9.93. The van der Waals surface area contributed by atoms with Crippen molar-refractivity contribution in [3.05, 3.63) is 0 Å². The Labute approximate surface area is 248 Å². The number of carbonyl (C=O) groups is 4. The predicted octanol–water partition coefficient (Wildman–Crippen LogP) is 0.753. The van der Waals surface area contributed by atoms with Crippen LogP contribution in [0, 0.1) is 24.2 Å². The molecule has 13 heteroatoms. The van der Waals surface area contributed by atoms with Crippen LogP contribution >= 0.6 is 0 Å². The largest absolute Gasteiger partial charge is 0.480 e. The first-order valence-corrected chi connectivity index (χ1v) is 14.8. The Morgan fingerprint density at radius 1 is 0.762 bits per heavy atom. The number of ether oxygens (including phenoxy) is 4. The molecule has 0 radical (unpaired) electrons. The molecule has 0 spiro atoms. The van der Waals surface area contributed by atoms with Gasteiger partial charge in [-0.2, -0.15) is 0 Å². The van der Waals surface area contributed by atoms with Crippen LogP contribution in [0.5, 0.6) is 0 Å². The van der Waals surface area contributed by atoms with Crippen molar-refractivity contribution in [3.63, 3.8) is 0 Å². The van der Waals surface area contributed by atoms with Gasteiger partial charge in [0.1, 0.15) is 18.7 Å². The maximum Gasteiger partial charge on any atom is 0.326 e. The van der Waals surface area contributed by atoms with Crippen molar-refractivity contribution in [2.24, 2.45) is 11.8 Å². The average molecular weight is 600 g/mol. The number of rotatable bonds is 25. The van der Waals surface area contributed by atoms with Crippen LogP contribution in [0.4, 0.5) is 0 Å². The average Bonchev–Trinajstić information content (AvgIpc) is 3.39. The highest BCUT2D eigenvalue weighted by molar-refractivity contribution is 5.92. The number of hydrogen-bond donors (Lipinski definition) is 4. The van der Waals surface area contributed by atoms with E-state index >= 15 is 0 Å². The zero-order chi connectivity index (χ0) is 31.2. The van der Waals surface area contributed by atoms with Gasteiger partial charge in [0.2, 0.25) is 11.8 Å². The molecule has 13 nitrogen and oxygen atoms in total. The third-order valence-electron chi connectivity index (χ3n) is 6.84. The van der Waals surface area contributed by atoms with E-state index in [4.69, 9.17) is 25.4 Å². The van der Waals surface area contributed by atoms with Crippen LogP contribution in [0.3, 0.4) is 0 Å². The number of carbonyl (C=O) groups excluding carboxylic acids is 2. The summed E-state index contributed by atoms with van der Waals surface area (Å²) in [4.78, 5) is 51.7. The molecule has 1 fully saturated rings. The predicted molar refractivity (Wildman–Crippen MR) is 154 cm³/mol. The molecule has 0 aromatic carbocycles. The second kappa shape index (κ2) is 22.8. The molecule has 0 aromatic rings. The normalized spacial score (nSPS) is 18.2. The first-order valence-electron chi connectivity index (χ1n) is 14.8. The van der Waals surface area contributed by atoms with E-state index in [2.05, 4.69) is 16.6 Å². The molecule has 42 heavy (non-hydrogen) atoms. The van der Waals surface area contributed by atoms with Gasteiger partial charge in [-0.05, 0) is 12.8 Å². The highest BCUT2D eigenvalue weighted by atomic mass is 16.6. The zero-order valence-electron chi connectivity index (χ0n) is 25.0. The number of unbranched alkanes of at least 4 members (excludes halogenated alkanes) is 2. The minimum atomic E-state index is -1.13. The summed E-state index contributed by atoms with van der Waals surface area (Å²) >= 11 is 0. The maximum atomic E-state index is 13.2. The third-order valence-corrected chi connectivity index (χ3v) is 6.84. The lowest BCUT2D eigenvalue weighted by molar-refractivity contribution is -0.144. The first kappa shape index (κ1) is 37.3. The van der Waals surface area contributed by atoms with Gasteiger partial charge in [-0.15, -0.1) is 6.42 Å². The van der Waals surface area contributed by atoms with E-state index in [1.807, 2.05) is 18.7 Å². The quantitative estimate of drug-likeness (QED) is 0.0862. The number of nitrogens with one attached hydrogen (secondary N) is 2. The van der Waals surface area contributed by atoms with E-state index in [1.165, 1.54) is 0 Å². The second-order valence-corrected chi connectivity index (χ2v) is 10.1. The van der Waals surface area contributed by atoms with E-state index in [0.717, 1.165) is 12.8 Å². The SMILES string of the molecule is C#CCOCCOCCOCCOCCN1C[C@@H](C(=O)N[C@@H](CCCC)C(=O)O)[C@H](C(=O)N[C@@H](CCCC)C(=O)O)C1. The summed E-state index contributed by atoms with van der Waals surface area (Å²) in [6.45, 7) is 7.72. The van der Waals surface area contributed by atoms with Crippen molar-refractivity contribution in [2.75, 3.05) is 72.5 Å². The number of amides is 2. The lowest BCUT2D eigenvalue weighted by Crippen LogP contribution is -2.49. The van der Waals surface area contributed by atoms with Gasteiger partial charge in [0.25, 0.3) is 0 Å². The van der Waals surface area contributed by atoms with E-state index in [-0.39, 0.29) is 32.5 Å². The van der Waals surface area contributed by atoms with Crippen LogP contribution < -0.4 is 10.6 Å². The molecule has 4 N–H and O–H groups in total. The third kappa shape index (κ3) is 15.5. The number of aliphatic carboxylic acids is 2. The molecule has 4 atom stereocenters. The minimum absolute atomic E-state index is 0.221. The summed E-state index contributed by atoms with van der Waals surface area (Å²) in [6.07, 6.45) is 8.47. The Morgan fingerprint density at radius 2 is 1.17 bits per heavy atom. The molecule has 1 aliphatic heterocycles. The molecule has 0 unspecified atom stereocenters. The van der Waals surface area contributed by atoms with Crippen LogP contribution in [0.1, 0.15) is 52.4 Å². The van der Waals surface area contributed by atoms with Gasteiger partial charge in [-0.25, -0.2) is 9.59 Å². The maximum absolute atomic E-state index is 13.2. The van der Waals surface area contributed by atoms with Crippen LogP contribution in [-0.2, 0) is 38.1 Å². The fourth-order valence-corrected chi connectivity index (χ4v) is 4.47. The molecule has 0 aromatic heterocycles. The second-order valence-electron chi connectivity index (χ2n) is 10.1. The van der Waals surface area contributed by atoms with Crippen LogP contribution in [0.25, 0.3) is 0 Å². The molecule has 1 heterocycles. The highest BCUT2D eigenvalue weighted by Gasteiger charge is 2.43. The molecule has 0 aliphatic carbocycles. The molecule has 2 amide bonds. The van der Waals surface area contributed by atoms with Crippen molar-refractivity contribution >= 4 is 23.8 Å². The standard InChI is InChI=1S/C29H49N3O10/c1-4-7-9-24(28(35)36)30-26(33)22-20-32(21-23(22)27(34)31-25(29(37)38)10-8-5-2)11-13-40-15-17-42-19-18-41-16-14-39-12-6-3/h3,22-25H,4-5,7-21H2,1-2H3,(H,30,33)(H,31,34)(H,35,36)(H,37,38)/t22-,23-,24+,25+/m1/s1. The van der Waals surface area contributed by atoms with Gasteiger partial charge in [0.15, 0.2) is 0 Å². The molecular formula is C29H49N3O10. The van der Waals surface area contributed by atoms with E-state index < -0.39 is 47.7 Å². The summed E-state index contributed by atoms with van der Waals surface area (Å²) in [5, 5.41) is 24.3. The molecular weight excluding hydrogens is 550 g/mol. The number of nitrogens with zero attached hydrogens (tertiary/aromatic N) is 1. The lowest BCUT2D eigenvalue weighted by Gasteiger charge is -2.22. The van der Waals surface area contributed by atoms with Crippen LogP contribution in [-0.4, -0.2) is 123 Å². The van der Waals surface area contributed by atoms with Gasteiger partial charge >= 0.3 is 11.9 Å². The Morgan fingerprint density at radius 3 is 1.55 bits per heavy atom. The highest BCUT2D eigenvalue weighted by Crippen LogP contribution is 2.25. The fraction of sp³-hybridized carbons (Fsp3) is 0.793. The van der Waals surface area contributed by atoms with Gasteiger partial charge in [-0.1, -0.05) is 45.5 Å². The van der Waals surface area contributed by atoms with Crippen molar-refractivity contribution in [1.82, 2.24) is 15.5 Å². The number of carboxylic acid groups (broad SMARTS) is 2. The topological polar surface area (TPSA) is 173 Å². The minimum Gasteiger partial charge on any atom is -0.480 e. The van der Waals surface area contributed by atoms with Gasteiger partial charge in [-0.3, -0.25) is 14.5 Å². The van der Waals surface area contributed by atoms with Crippen LogP contribution in [0.2, 0.25) is 0 Å². The summed E-state index contributed by atoms with van der Waals surface area (Å²) in [5.74, 6) is -2.59. The van der Waals surface area contributed by atoms with Gasteiger partial charge in [0, 0.05) is 19.6 Å². The molecule has 1 saturated heterocycles. The first-order chi connectivity index (χ1) is 20.2. The molecule has 0 bridgehead atoms. The van der Waals surface area contributed by atoms with Crippen molar-refractivity contribution in [3.8, 4) is 12.3 Å². The van der Waals surface area contributed by atoms with E-state index in [0.29, 0.717) is 65.6 Å². The number of terminal acetylenes is 1. The van der Waals surface area contributed by atoms with Crippen molar-refractivity contribution < 1.29 is 48.3 Å². The zero-order valence-corrected chi connectivity index (χ0v) is 25.0. The van der Waals surface area contributed by atoms with Crippen molar-refractivity contribution in [2.45, 2.75) is 64.5 Å². The summed E-state index contributed by atoms with van der Waals surface area (Å²) < 4.78 is 21.5. The smallest absolute Gasteiger partial charge is 0.326 e. The molecule has 1 rings (SSSR count). The van der Waals surface area contributed by atoms with Gasteiger partial charge < -0.3 is 39.8 Å². The fourth-order valence-electron chi connectivity index (χ4n) is 4.47. The Kier molecular flexibility index (Phi) is 20.2. The monoisotopic (exact) mass is 599 g/mol. The summed E-state index contributed by atoms with van der Waals surface area (Å²) in [6, 6.07) is -2.11. The Bertz CT molecular complexity index is 802. The summed E-state index contributed by atoms with van der Waals surface area (Å²) in [7, 11) is 0. The van der Waals surface area contributed by atoms with Crippen LogP contribution in [0.15, 0.2) is 0 Å². The number of hydrogen-bond acceptors (Lipinski definition) is 9. The van der Waals surface area contributed by atoms with E-state index in [1.54, 1.807) is 0 Å². The molecule has 0 saturated carbocycles. The number of likely N-dealkylation sites (tertiary alicyclic amines) is 1. The Balaban J connectivity index is 2.61. The molecule has 240 valence electrons. The Hall–Kier alpha value is -2.76. The molecule has 1 aliphatic rings. The van der Waals surface area contributed by atoms with Crippen molar-refractivity contribution in [1.29, 1.82) is 0 Å². The summed E-state index contributed by atoms with van der Waals surface area (Å²) in [5.41, 5.74) is 0.